The fraction of sp³-hybridized carbons (Fsp3) is 0.455. The van der Waals surface area contributed by atoms with E-state index in [1.165, 1.54) is 16.8 Å². The number of hydrogen-bond donors (Lipinski definition) is 2. The van der Waals surface area contributed by atoms with Gasteiger partial charge in [-0.3, -0.25) is 0 Å². The molecule has 0 unspecified atom stereocenters. The summed E-state index contributed by atoms with van der Waals surface area (Å²) in [6.45, 7) is 5.14. The number of rotatable bonds is 1. The minimum absolute atomic E-state index is 0.225. The van der Waals surface area contributed by atoms with Gasteiger partial charge in [0.15, 0.2) is 0 Å². The lowest BCUT2D eigenvalue weighted by Gasteiger charge is -2.19. The molecule has 0 saturated heterocycles. The molecule has 2 nitrogen and oxygen atoms in total. The number of anilines is 1. The number of hydrogen-bond acceptors (Lipinski definition) is 2. The Labute approximate surface area is 79.1 Å². The van der Waals surface area contributed by atoms with E-state index in [4.69, 9.17) is 5.73 Å². The molecular formula is C11H16N2. The monoisotopic (exact) mass is 176 g/mol. The topological polar surface area (TPSA) is 38.0 Å². The van der Waals surface area contributed by atoms with E-state index in [2.05, 4.69) is 23.5 Å². The zero-order valence-corrected chi connectivity index (χ0v) is 8.22. The van der Waals surface area contributed by atoms with Crippen LogP contribution >= 0.6 is 0 Å². The quantitative estimate of drug-likeness (QED) is 0.685. The van der Waals surface area contributed by atoms with Gasteiger partial charge in [-0.15, -0.1) is 0 Å². The average molecular weight is 176 g/mol. The standard InChI is InChI=1S/C11H16N2/c1-11(2,12)9-3-4-10-8(7-9)5-6-13-10/h3-4,7,13H,5-6,12H2,1-2H3. The summed E-state index contributed by atoms with van der Waals surface area (Å²) in [7, 11) is 0. The highest BCUT2D eigenvalue weighted by Crippen LogP contribution is 2.26. The Morgan fingerprint density at radius 2 is 2.15 bits per heavy atom. The first-order valence-corrected chi connectivity index (χ1v) is 4.73. The second-order valence-electron chi connectivity index (χ2n) is 4.27. The van der Waals surface area contributed by atoms with Crippen molar-refractivity contribution in [2.45, 2.75) is 25.8 Å². The van der Waals surface area contributed by atoms with Crippen molar-refractivity contribution in [1.29, 1.82) is 0 Å². The SMILES string of the molecule is CC(C)(N)c1ccc2c(c1)CCN2. The van der Waals surface area contributed by atoms with Gasteiger partial charge in [-0.1, -0.05) is 12.1 Å². The molecule has 3 N–H and O–H groups in total. The maximum atomic E-state index is 6.03. The summed E-state index contributed by atoms with van der Waals surface area (Å²) in [5.74, 6) is 0. The number of nitrogens with one attached hydrogen (secondary N) is 1. The van der Waals surface area contributed by atoms with Crippen LogP contribution in [0.25, 0.3) is 0 Å². The molecule has 1 aromatic carbocycles. The van der Waals surface area contributed by atoms with Crippen molar-refractivity contribution in [3.63, 3.8) is 0 Å². The van der Waals surface area contributed by atoms with Gasteiger partial charge in [-0.2, -0.15) is 0 Å². The van der Waals surface area contributed by atoms with Crippen LogP contribution in [0.15, 0.2) is 18.2 Å². The van der Waals surface area contributed by atoms with E-state index in [0.717, 1.165) is 13.0 Å². The number of fused-ring (bicyclic) bond motifs is 1. The molecule has 0 saturated carbocycles. The van der Waals surface area contributed by atoms with E-state index in [-0.39, 0.29) is 5.54 Å². The second-order valence-corrected chi connectivity index (χ2v) is 4.27. The van der Waals surface area contributed by atoms with Gasteiger partial charge in [0.1, 0.15) is 0 Å². The Hall–Kier alpha value is -1.02. The summed E-state index contributed by atoms with van der Waals surface area (Å²) in [5, 5.41) is 3.34. The van der Waals surface area contributed by atoms with Crippen LogP contribution in [0.4, 0.5) is 5.69 Å². The summed E-state index contributed by atoms with van der Waals surface area (Å²) in [5.41, 5.74) is 9.69. The van der Waals surface area contributed by atoms with E-state index in [0.29, 0.717) is 0 Å². The zero-order chi connectivity index (χ0) is 9.47. The smallest absolute Gasteiger partial charge is 0.0373 e. The van der Waals surface area contributed by atoms with Crippen LogP contribution in [-0.4, -0.2) is 6.54 Å². The molecular weight excluding hydrogens is 160 g/mol. The zero-order valence-electron chi connectivity index (χ0n) is 8.22. The van der Waals surface area contributed by atoms with Gasteiger partial charge >= 0.3 is 0 Å². The molecule has 70 valence electrons. The van der Waals surface area contributed by atoms with Crippen LogP contribution in [0, 0.1) is 0 Å². The molecule has 13 heavy (non-hydrogen) atoms. The van der Waals surface area contributed by atoms with Crippen LogP contribution < -0.4 is 11.1 Å². The van der Waals surface area contributed by atoms with Gasteiger partial charge in [0, 0.05) is 17.8 Å². The van der Waals surface area contributed by atoms with Gasteiger partial charge in [0.25, 0.3) is 0 Å². The highest BCUT2D eigenvalue weighted by atomic mass is 14.9. The highest BCUT2D eigenvalue weighted by Gasteiger charge is 2.17. The fourth-order valence-corrected chi connectivity index (χ4v) is 1.71. The predicted octanol–water partition coefficient (Wildman–Crippen LogP) is 1.85. The third-order valence-corrected chi connectivity index (χ3v) is 2.56. The largest absolute Gasteiger partial charge is 0.384 e. The molecule has 1 aliphatic heterocycles. The molecule has 0 fully saturated rings. The van der Waals surface area contributed by atoms with Gasteiger partial charge in [0.2, 0.25) is 0 Å². The van der Waals surface area contributed by atoms with Gasteiger partial charge in [-0.25, -0.2) is 0 Å². The second kappa shape index (κ2) is 2.74. The molecule has 0 bridgehead atoms. The first-order chi connectivity index (χ1) is 6.07. The molecule has 0 aromatic heterocycles. The minimum atomic E-state index is -0.225. The lowest BCUT2D eigenvalue weighted by Crippen LogP contribution is -2.28. The molecule has 0 amide bonds. The lowest BCUT2D eigenvalue weighted by molar-refractivity contribution is 0.554. The highest BCUT2D eigenvalue weighted by molar-refractivity contribution is 5.57. The van der Waals surface area contributed by atoms with Crippen LogP contribution in [-0.2, 0) is 12.0 Å². The summed E-state index contributed by atoms with van der Waals surface area (Å²) in [6.07, 6.45) is 1.12. The van der Waals surface area contributed by atoms with Gasteiger partial charge < -0.3 is 11.1 Å². The lowest BCUT2D eigenvalue weighted by atomic mass is 9.93. The van der Waals surface area contributed by atoms with Crippen molar-refractivity contribution in [2.75, 3.05) is 11.9 Å². The average Bonchev–Trinajstić information content (AvgIpc) is 2.47. The summed E-state index contributed by atoms with van der Waals surface area (Å²) >= 11 is 0. The molecule has 2 heteroatoms. The van der Waals surface area contributed by atoms with Crippen molar-refractivity contribution in [1.82, 2.24) is 0 Å². The molecule has 2 rings (SSSR count). The molecule has 0 atom stereocenters. The van der Waals surface area contributed by atoms with Crippen LogP contribution in [0.5, 0.6) is 0 Å². The van der Waals surface area contributed by atoms with Gasteiger partial charge in [0.05, 0.1) is 0 Å². The summed E-state index contributed by atoms with van der Waals surface area (Å²) < 4.78 is 0. The van der Waals surface area contributed by atoms with Crippen LogP contribution in [0.1, 0.15) is 25.0 Å². The molecule has 0 aliphatic carbocycles. The summed E-state index contributed by atoms with van der Waals surface area (Å²) in [4.78, 5) is 0. The molecule has 1 heterocycles. The van der Waals surface area contributed by atoms with E-state index in [9.17, 15) is 0 Å². The predicted molar refractivity (Wildman–Crippen MR) is 55.8 cm³/mol. The summed E-state index contributed by atoms with van der Waals surface area (Å²) in [6, 6.07) is 6.46. The van der Waals surface area contributed by atoms with Crippen molar-refractivity contribution in [2.24, 2.45) is 5.73 Å². The van der Waals surface area contributed by atoms with E-state index in [1.54, 1.807) is 0 Å². The Morgan fingerprint density at radius 3 is 2.85 bits per heavy atom. The maximum Gasteiger partial charge on any atom is 0.0373 e. The number of nitrogens with two attached hydrogens (primary N) is 1. The third kappa shape index (κ3) is 1.54. The molecule has 1 aliphatic rings. The van der Waals surface area contributed by atoms with Crippen LogP contribution in [0.3, 0.4) is 0 Å². The molecule has 0 spiro atoms. The Balaban J connectivity index is 2.42. The Morgan fingerprint density at radius 1 is 1.38 bits per heavy atom. The normalized spacial score (nSPS) is 15.3. The number of benzene rings is 1. The first kappa shape index (κ1) is 8.57. The van der Waals surface area contributed by atoms with E-state index in [1.807, 2.05) is 13.8 Å². The third-order valence-electron chi connectivity index (χ3n) is 2.56. The van der Waals surface area contributed by atoms with Crippen molar-refractivity contribution in [3.8, 4) is 0 Å². The Kier molecular flexibility index (Phi) is 1.81. The van der Waals surface area contributed by atoms with E-state index >= 15 is 0 Å². The molecule has 1 aromatic rings. The van der Waals surface area contributed by atoms with Crippen molar-refractivity contribution >= 4 is 5.69 Å². The van der Waals surface area contributed by atoms with Gasteiger partial charge in [-0.05, 0) is 37.5 Å². The molecule has 0 radical (unpaired) electrons. The minimum Gasteiger partial charge on any atom is -0.384 e. The fourth-order valence-electron chi connectivity index (χ4n) is 1.71. The van der Waals surface area contributed by atoms with E-state index < -0.39 is 0 Å². The van der Waals surface area contributed by atoms with Crippen molar-refractivity contribution < 1.29 is 0 Å². The maximum absolute atomic E-state index is 6.03. The Bertz CT molecular complexity index is 323. The van der Waals surface area contributed by atoms with Crippen molar-refractivity contribution in [3.05, 3.63) is 29.3 Å². The first-order valence-electron chi connectivity index (χ1n) is 4.73. The van der Waals surface area contributed by atoms with Crippen LogP contribution in [0.2, 0.25) is 0 Å².